The maximum atomic E-state index is 15.9. The van der Waals surface area contributed by atoms with E-state index in [1.165, 1.54) is 52.3 Å². The topological polar surface area (TPSA) is 229 Å². The van der Waals surface area contributed by atoms with Crippen LogP contribution in [0.15, 0.2) is 30.3 Å². The van der Waals surface area contributed by atoms with Gasteiger partial charge in [-0.15, -0.1) is 0 Å². The Morgan fingerprint density at radius 2 is 1.33 bits per heavy atom. The number of methoxy groups -OCH3 is 5. The smallest absolute Gasteiger partial charge is 0.246 e. The highest BCUT2D eigenvalue weighted by Crippen LogP contribution is 2.48. The molecule has 0 saturated carbocycles. The minimum atomic E-state index is -1.87. The molecule has 376 valence electrons. The number of rotatable bonds is 29. The minimum absolute atomic E-state index is 0.0123. The highest BCUT2D eigenvalue weighted by Gasteiger charge is 2.69. The second-order valence-electron chi connectivity index (χ2n) is 17.3. The number of benzene rings is 1. The summed E-state index contributed by atoms with van der Waals surface area (Å²) in [7, 11) is 10.4. The summed E-state index contributed by atoms with van der Waals surface area (Å²) in [5.74, 6) is -3.35. The van der Waals surface area contributed by atoms with E-state index >= 15 is 9.59 Å². The van der Waals surface area contributed by atoms with Crippen LogP contribution in [0.3, 0.4) is 0 Å². The van der Waals surface area contributed by atoms with Gasteiger partial charge in [-0.2, -0.15) is 0 Å². The van der Waals surface area contributed by atoms with Crippen LogP contribution in [0.1, 0.15) is 53.0 Å². The van der Waals surface area contributed by atoms with Crippen LogP contribution in [0.25, 0.3) is 0 Å². The molecule has 2 heterocycles. The van der Waals surface area contributed by atoms with Crippen molar-refractivity contribution in [3.63, 3.8) is 0 Å². The molecular formula is C45H75N5O16. The van der Waals surface area contributed by atoms with Gasteiger partial charge >= 0.3 is 0 Å². The van der Waals surface area contributed by atoms with Gasteiger partial charge < -0.3 is 77.9 Å². The van der Waals surface area contributed by atoms with Crippen molar-refractivity contribution in [1.29, 1.82) is 0 Å². The lowest BCUT2D eigenvalue weighted by Gasteiger charge is -2.53. The van der Waals surface area contributed by atoms with Gasteiger partial charge in [-0.3, -0.25) is 24.0 Å². The molecule has 0 aromatic heterocycles. The zero-order chi connectivity index (χ0) is 49.0. The van der Waals surface area contributed by atoms with E-state index < -0.39 is 95.7 Å². The van der Waals surface area contributed by atoms with E-state index in [1.807, 2.05) is 32.0 Å². The summed E-state index contributed by atoms with van der Waals surface area (Å²) in [5, 5.41) is 8.62. The maximum Gasteiger partial charge on any atom is 0.246 e. The fourth-order valence-electron chi connectivity index (χ4n) is 8.45. The first-order chi connectivity index (χ1) is 31.5. The molecule has 3 N–H and O–H groups in total. The Bertz CT molecular complexity index is 1640. The van der Waals surface area contributed by atoms with Crippen molar-refractivity contribution < 1.29 is 76.1 Å². The van der Waals surface area contributed by atoms with Crippen LogP contribution in [0.2, 0.25) is 0 Å². The van der Waals surface area contributed by atoms with Crippen LogP contribution in [0, 0.1) is 11.8 Å². The molecule has 2 aliphatic rings. The van der Waals surface area contributed by atoms with Crippen LogP contribution in [-0.4, -0.2) is 196 Å². The normalized spacial score (nSPS) is 24.3. The molecule has 0 radical (unpaired) electrons. The van der Waals surface area contributed by atoms with Crippen molar-refractivity contribution >= 4 is 29.5 Å². The van der Waals surface area contributed by atoms with Crippen molar-refractivity contribution in [3.05, 3.63) is 35.9 Å². The van der Waals surface area contributed by atoms with Crippen LogP contribution >= 0.6 is 0 Å². The lowest BCUT2D eigenvalue weighted by Crippen LogP contribution is -2.74. The highest BCUT2D eigenvalue weighted by atomic mass is 16.7. The molecule has 10 atom stereocenters. The Morgan fingerprint density at radius 3 is 1.88 bits per heavy atom. The zero-order valence-corrected chi connectivity index (χ0v) is 40.7. The number of carbonyl (C=O) groups excluding carboxylic acids is 5. The SMILES string of the molecule is COCOC[C@@H]1C[C@]2(O[C@H](COCOC)[C@@H](OCOC)[C@H](OCOC)[C@H]2OCOC)[C@@H](C(=O)N[C@H](C(=O)N(C)C)C(C)C)N1C(=O)[C@@H](Cc1ccccc1)NC(=O)[C@H](CC(C)C)NC(C)=O. The summed E-state index contributed by atoms with van der Waals surface area (Å²) in [5.41, 5.74) is -1.18. The first-order valence-corrected chi connectivity index (χ1v) is 22.1. The second kappa shape index (κ2) is 28.5. The van der Waals surface area contributed by atoms with E-state index in [2.05, 4.69) is 16.0 Å². The number of nitrogens with zero attached hydrogens (tertiary/aromatic N) is 2. The molecule has 21 nitrogen and oxygen atoms in total. The summed E-state index contributed by atoms with van der Waals surface area (Å²) in [6, 6.07) is 3.02. The van der Waals surface area contributed by atoms with Crippen LogP contribution in [0.4, 0.5) is 0 Å². The summed E-state index contributed by atoms with van der Waals surface area (Å²) in [4.78, 5) is 74.7. The average molecular weight is 942 g/mol. The lowest BCUT2D eigenvalue weighted by atomic mass is 9.78. The largest absolute Gasteiger partial charge is 0.361 e. The molecule has 2 aliphatic heterocycles. The molecule has 1 spiro atoms. The van der Waals surface area contributed by atoms with E-state index in [1.54, 1.807) is 40.1 Å². The summed E-state index contributed by atoms with van der Waals surface area (Å²) in [6.07, 6.45) is -4.35. The molecular weight excluding hydrogens is 867 g/mol. The third kappa shape index (κ3) is 15.6. The second-order valence-corrected chi connectivity index (χ2v) is 17.3. The van der Waals surface area contributed by atoms with Crippen molar-refractivity contribution in [2.45, 2.75) is 114 Å². The van der Waals surface area contributed by atoms with E-state index in [9.17, 15) is 14.4 Å². The standard InChI is InChI=1S/C45H75N5O16/c1-28(2)18-33(46-30(5)51)41(52)47-34(19-31-16-14-13-15-17-31)43(54)50-32(21-61-23-56-8)20-45(39(50)42(53)48-36(29(3)4)44(55)49(6)7)40(65-27-60-12)38(64-26-59-11)37(63-25-58-10)35(66-45)22-62-24-57-9/h13-17,28-29,32-40H,18-27H2,1-12H3,(H,46,51)(H,47,52)(H,48,53)/t32-,33-,34+,35+,36-,37+,38-,39+,40+,45-/m0/s1. The van der Waals surface area contributed by atoms with Gasteiger partial charge in [0.15, 0.2) is 0 Å². The van der Waals surface area contributed by atoms with Gasteiger partial charge in [0.25, 0.3) is 0 Å². The van der Waals surface area contributed by atoms with Gasteiger partial charge in [0, 0.05) is 69.4 Å². The van der Waals surface area contributed by atoms with E-state index in [0.29, 0.717) is 5.56 Å². The number of amides is 5. The van der Waals surface area contributed by atoms with E-state index in [0.717, 1.165) is 0 Å². The number of likely N-dealkylation sites (N-methyl/N-ethyl adjacent to an activating group) is 1. The van der Waals surface area contributed by atoms with Crippen LogP contribution in [0.5, 0.6) is 0 Å². The third-order valence-electron chi connectivity index (χ3n) is 11.1. The predicted molar refractivity (Wildman–Crippen MR) is 237 cm³/mol. The van der Waals surface area contributed by atoms with Crippen molar-refractivity contribution in [2.24, 2.45) is 11.8 Å². The molecule has 0 bridgehead atoms. The molecule has 66 heavy (non-hydrogen) atoms. The number of carbonyl (C=O) groups is 5. The highest BCUT2D eigenvalue weighted by molar-refractivity contribution is 5.97. The summed E-state index contributed by atoms with van der Waals surface area (Å²) >= 11 is 0. The fourth-order valence-corrected chi connectivity index (χ4v) is 8.45. The molecule has 0 unspecified atom stereocenters. The number of likely N-dealkylation sites (tertiary alicyclic amines) is 1. The van der Waals surface area contributed by atoms with Crippen molar-refractivity contribution in [1.82, 2.24) is 25.8 Å². The number of hydrogen-bond donors (Lipinski definition) is 3. The molecule has 1 aromatic carbocycles. The van der Waals surface area contributed by atoms with Gasteiger partial charge in [-0.25, -0.2) is 0 Å². The first-order valence-electron chi connectivity index (χ1n) is 22.1. The predicted octanol–water partition coefficient (Wildman–Crippen LogP) is 0.809. The van der Waals surface area contributed by atoms with Crippen molar-refractivity contribution in [2.75, 3.05) is 96.8 Å². The Labute approximate surface area is 389 Å². The van der Waals surface area contributed by atoms with Crippen LogP contribution in [-0.2, 0) is 82.5 Å². The number of nitrogens with one attached hydrogen (secondary N) is 3. The Kier molecular flexibility index (Phi) is 24.3. The molecule has 3 rings (SSSR count). The number of ether oxygens (including phenoxy) is 11. The van der Waals surface area contributed by atoms with Gasteiger partial charge in [0.05, 0.1) is 19.3 Å². The molecule has 5 amide bonds. The Balaban J connectivity index is 2.46. The van der Waals surface area contributed by atoms with Crippen LogP contribution < -0.4 is 16.0 Å². The molecule has 2 fully saturated rings. The van der Waals surface area contributed by atoms with E-state index in [-0.39, 0.29) is 72.4 Å². The average Bonchev–Trinajstić information content (AvgIpc) is 3.59. The Hall–Kier alpha value is -3.87. The van der Waals surface area contributed by atoms with Gasteiger partial charge in [-0.1, -0.05) is 58.0 Å². The molecule has 21 heteroatoms. The third-order valence-corrected chi connectivity index (χ3v) is 11.1. The maximum absolute atomic E-state index is 15.9. The number of hydrogen-bond acceptors (Lipinski definition) is 16. The van der Waals surface area contributed by atoms with Crippen molar-refractivity contribution in [3.8, 4) is 0 Å². The lowest BCUT2D eigenvalue weighted by molar-refractivity contribution is -0.329. The molecule has 0 aliphatic carbocycles. The minimum Gasteiger partial charge on any atom is -0.361 e. The molecule has 2 saturated heterocycles. The molecule has 1 aromatic rings. The summed E-state index contributed by atoms with van der Waals surface area (Å²) in [6.45, 7) is 7.20. The summed E-state index contributed by atoms with van der Waals surface area (Å²) < 4.78 is 64.9. The fraction of sp³-hybridized carbons (Fsp3) is 0.756. The van der Waals surface area contributed by atoms with Gasteiger partial charge in [0.2, 0.25) is 29.5 Å². The quantitative estimate of drug-likeness (QED) is 0.0746. The van der Waals surface area contributed by atoms with Gasteiger partial charge in [0.1, 0.15) is 88.1 Å². The monoisotopic (exact) mass is 942 g/mol. The Morgan fingerprint density at radius 1 is 0.758 bits per heavy atom. The van der Waals surface area contributed by atoms with E-state index in [4.69, 9.17) is 52.1 Å². The zero-order valence-electron chi connectivity index (χ0n) is 40.7. The first kappa shape index (κ1) is 56.5. The van der Waals surface area contributed by atoms with Gasteiger partial charge in [-0.05, 0) is 23.8 Å².